The first-order chi connectivity index (χ1) is 15.2. The van der Waals surface area contributed by atoms with Gasteiger partial charge in [0.25, 0.3) is 0 Å². The Kier molecular flexibility index (Phi) is 15.1. The lowest BCUT2D eigenvalue weighted by atomic mass is 10.1. The highest BCUT2D eigenvalue weighted by molar-refractivity contribution is 6.92. The number of benzene rings is 1. The SMILES string of the molecule is CCCCCCCC[Si](C)(C)c1cc(CCl)c([Si](C)(C)CCCCCCCC)cc1CCl. The van der Waals surface area contributed by atoms with Gasteiger partial charge in [0.2, 0.25) is 0 Å². The van der Waals surface area contributed by atoms with Gasteiger partial charge in [0, 0.05) is 11.8 Å². The van der Waals surface area contributed by atoms with Crippen molar-refractivity contribution in [3.8, 4) is 0 Å². The zero-order chi connectivity index (χ0) is 24.0. The van der Waals surface area contributed by atoms with Gasteiger partial charge in [0.05, 0.1) is 16.1 Å². The average molecular weight is 516 g/mol. The van der Waals surface area contributed by atoms with E-state index < -0.39 is 16.1 Å². The quantitative estimate of drug-likeness (QED) is 0.104. The van der Waals surface area contributed by atoms with E-state index in [-0.39, 0.29) is 0 Å². The molecular formula is C28H52Cl2Si2. The van der Waals surface area contributed by atoms with Crippen molar-refractivity contribution in [3.63, 3.8) is 0 Å². The topological polar surface area (TPSA) is 0 Å². The van der Waals surface area contributed by atoms with Crippen molar-refractivity contribution in [3.05, 3.63) is 23.3 Å². The minimum absolute atomic E-state index is 0.638. The lowest BCUT2D eigenvalue weighted by molar-refractivity contribution is 0.622. The Morgan fingerprint density at radius 1 is 0.531 bits per heavy atom. The van der Waals surface area contributed by atoms with Crippen LogP contribution in [0, 0.1) is 0 Å². The van der Waals surface area contributed by atoms with E-state index in [9.17, 15) is 0 Å². The first kappa shape index (κ1) is 30.3. The maximum absolute atomic E-state index is 6.55. The van der Waals surface area contributed by atoms with Gasteiger partial charge in [-0.3, -0.25) is 0 Å². The minimum Gasteiger partial charge on any atom is -0.122 e. The molecule has 0 saturated carbocycles. The monoisotopic (exact) mass is 514 g/mol. The van der Waals surface area contributed by atoms with Crippen LogP contribution in [0.1, 0.15) is 102 Å². The molecule has 0 heterocycles. The Morgan fingerprint density at radius 3 is 1.16 bits per heavy atom. The lowest BCUT2D eigenvalue weighted by Crippen LogP contribution is -2.48. The molecule has 0 atom stereocenters. The molecule has 0 fully saturated rings. The molecule has 0 saturated heterocycles. The predicted octanol–water partition coefficient (Wildman–Crippen LogP) is 9.72. The summed E-state index contributed by atoms with van der Waals surface area (Å²) in [5, 5.41) is 3.15. The van der Waals surface area contributed by atoms with Crippen LogP contribution in [0.15, 0.2) is 12.1 Å². The number of rotatable bonds is 18. The number of hydrogen-bond donors (Lipinski definition) is 0. The van der Waals surface area contributed by atoms with Crippen molar-refractivity contribution in [2.45, 2.75) is 141 Å². The van der Waals surface area contributed by atoms with E-state index in [2.05, 4.69) is 52.2 Å². The number of unbranched alkanes of at least 4 members (excludes halogenated alkanes) is 10. The van der Waals surface area contributed by atoms with Crippen LogP contribution in [-0.2, 0) is 11.8 Å². The molecule has 0 N–H and O–H groups in total. The zero-order valence-corrected chi connectivity index (χ0v) is 25.7. The lowest BCUT2D eigenvalue weighted by Gasteiger charge is -2.31. The Bertz CT molecular complexity index is 585. The number of halogens is 2. The van der Waals surface area contributed by atoms with Crippen LogP contribution in [0.2, 0.25) is 38.3 Å². The second-order valence-corrected chi connectivity index (χ2v) is 21.4. The summed E-state index contributed by atoms with van der Waals surface area (Å²) in [5.74, 6) is 1.28. The molecule has 4 heteroatoms. The normalized spacial score (nSPS) is 12.5. The van der Waals surface area contributed by atoms with Crippen molar-refractivity contribution in [1.82, 2.24) is 0 Å². The van der Waals surface area contributed by atoms with E-state index in [0.717, 1.165) is 0 Å². The van der Waals surface area contributed by atoms with Crippen molar-refractivity contribution in [1.29, 1.82) is 0 Å². The van der Waals surface area contributed by atoms with Gasteiger partial charge in [-0.1, -0.05) is 152 Å². The third-order valence-electron chi connectivity index (χ3n) is 7.39. The van der Waals surface area contributed by atoms with Crippen molar-refractivity contribution < 1.29 is 0 Å². The zero-order valence-electron chi connectivity index (χ0n) is 22.2. The summed E-state index contributed by atoms with van der Waals surface area (Å²) in [6, 6.07) is 7.73. The summed E-state index contributed by atoms with van der Waals surface area (Å²) in [6.45, 7) is 14.8. The molecule has 0 aliphatic rings. The molecule has 186 valence electrons. The van der Waals surface area contributed by atoms with Gasteiger partial charge in [-0.05, 0) is 11.1 Å². The largest absolute Gasteiger partial charge is 0.122 e. The second-order valence-electron chi connectivity index (χ2n) is 11.2. The highest BCUT2D eigenvalue weighted by atomic mass is 35.5. The molecule has 1 aromatic rings. The Balaban J connectivity index is 2.92. The Morgan fingerprint density at radius 2 is 0.844 bits per heavy atom. The first-order valence-electron chi connectivity index (χ1n) is 13.5. The highest BCUT2D eigenvalue weighted by Gasteiger charge is 2.31. The van der Waals surface area contributed by atoms with E-state index in [4.69, 9.17) is 23.2 Å². The Labute approximate surface area is 213 Å². The van der Waals surface area contributed by atoms with Gasteiger partial charge >= 0.3 is 0 Å². The fourth-order valence-corrected chi connectivity index (χ4v) is 11.8. The van der Waals surface area contributed by atoms with Crippen LogP contribution in [0.25, 0.3) is 0 Å². The summed E-state index contributed by atoms with van der Waals surface area (Å²) in [4.78, 5) is 0. The van der Waals surface area contributed by atoms with Gasteiger partial charge in [0.15, 0.2) is 0 Å². The fraction of sp³-hybridized carbons (Fsp3) is 0.786. The molecule has 0 amide bonds. The predicted molar refractivity (Wildman–Crippen MR) is 156 cm³/mol. The molecule has 0 spiro atoms. The van der Waals surface area contributed by atoms with Gasteiger partial charge in [-0.25, -0.2) is 0 Å². The molecule has 0 nitrogen and oxygen atoms in total. The van der Waals surface area contributed by atoms with E-state index in [1.807, 2.05) is 0 Å². The third-order valence-corrected chi connectivity index (χ3v) is 15.0. The van der Waals surface area contributed by atoms with Gasteiger partial charge < -0.3 is 0 Å². The first-order valence-corrected chi connectivity index (χ1v) is 21.0. The summed E-state index contributed by atoms with van der Waals surface area (Å²) in [6.07, 6.45) is 16.5. The maximum Gasteiger partial charge on any atom is 0.0810 e. The van der Waals surface area contributed by atoms with E-state index >= 15 is 0 Å². The van der Waals surface area contributed by atoms with Crippen molar-refractivity contribution in [2.75, 3.05) is 0 Å². The van der Waals surface area contributed by atoms with Crippen LogP contribution < -0.4 is 10.4 Å². The smallest absolute Gasteiger partial charge is 0.0810 e. The van der Waals surface area contributed by atoms with Gasteiger partial charge in [0.1, 0.15) is 0 Å². The van der Waals surface area contributed by atoms with Crippen LogP contribution in [0.5, 0.6) is 0 Å². The molecule has 0 aromatic heterocycles. The molecule has 0 aliphatic carbocycles. The minimum atomic E-state index is -1.51. The van der Waals surface area contributed by atoms with Gasteiger partial charge in [-0.15, -0.1) is 23.2 Å². The molecule has 0 aliphatic heterocycles. The van der Waals surface area contributed by atoms with Gasteiger partial charge in [-0.2, -0.15) is 0 Å². The fourth-order valence-electron chi connectivity index (χ4n) is 5.13. The van der Waals surface area contributed by atoms with E-state index in [0.29, 0.717) is 11.8 Å². The van der Waals surface area contributed by atoms with Crippen molar-refractivity contribution >= 4 is 49.7 Å². The molecule has 0 bridgehead atoms. The van der Waals surface area contributed by atoms with Crippen molar-refractivity contribution in [2.24, 2.45) is 0 Å². The van der Waals surface area contributed by atoms with Crippen LogP contribution in [0.3, 0.4) is 0 Å². The number of hydrogen-bond acceptors (Lipinski definition) is 0. The molecule has 1 aromatic carbocycles. The second kappa shape index (κ2) is 16.0. The van der Waals surface area contributed by atoms with Crippen LogP contribution in [0.4, 0.5) is 0 Å². The summed E-state index contributed by atoms with van der Waals surface area (Å²) in [7, 11) is -3.03. The molecule has 0 radical (unpaired) electrons. The highest BCUT2D eigenvalue weighted by Crippen LogP contribution is 2.23. The molecule has 0 unspecified atom stereocenters. The average Bonchev–Trinajstić information content (AvgIpc) is 2.77. The van der Waals surface area contributed by atoms with Crippen LogP contribution >= 0.6 is 23.2 Å². The summed E-state index contributed by atoms with van der Waals surface area (Å²) < 4.78 is 0. The maximum atomic E-state index is 6.55. The molecule has 32 heavy (non-hydrogen) atoms. The van der Waals surface area contributed by atoms with Crippen LogP contribution in [-0.4, -0.2) is 16.1 Å². The van der Waals surface area contributed by atoms with E-state index in [1.54, 1.807) is 10.4 Å². The third kappa shape index (κ3) is 10.2. The standard InChI is InChI=1S/C28H52Cl2Si2/c1-7-9-11-13-15-17-19-31(3,4)27-21-26(24-30)28(22-25(27)23-29)32(5,6)20-18-16-14-12-10-8-2/h21-22H,7-20,23-24H2,1-6H3. The Hall–Kier alpha value is 0.234. The van der Waals surface area contributed by atoms with E-state index in [1.165, 1.54) is 100 Å². The summed E-state index contributed by atoms with van der Waals surface area (Å²) in [5.41, 5.74) is 2.81. The molecular weight excluding hydrogens is 463 g/mol. The molecule has 1 rings (SSSR count). The number of alkyl halides is 2. The summed E-state index contributed by atoms with van der Waals surface area (Å²) >= 11 is 13.1.